The van der Waals surface area contributed by atoms with Crippen LogP contribution < -0.4 is 5.32 Å². The fraction of sp³-hybridized carbons (Fsp3) is 0.143. The van der Waals surface area contributed by atoms with E-state index in [1.54, 1.807) is 12.1 Å². The molecule has 0 fully saturated rings. The highest BCUT2D eigenvalue weighted by Crippen LogP contribution is 2.18. The number of rotatable bonds is 3. The first kappa shape index (κ1) is 13.0. The van der Waals surface area contributed by atoms with Gasteiger partial charge in [-0.1, -0.05) is 15.9 Å². The van der Waals surface area contributed by atoms with Crippen LogP contribution in [-0.2, 0) is 6.54 Å². The van der Waals surface area contributed by atoms with Crippen LogP contribution in [0.1, 0.15) is 11.1 Å². The molecular formula is C14H12BrF2N. The quantitative estimate of drug-likeness (QED) is 0.870. The van der Waals surface area contributed by atoms with Crippen LogP contribution in [-0.4, -0.2) is 0 Å². The van der Waals surface area contributed by atoms with Gasteiger partial charge in [0.1, 0.15) is 11.6 Å². The van der Waals surface area contributed by atoms with E-state index in [1.807, 2.05) is 13.0 Å². The van der Waals surface area contributed by atoms with Crippen molar-refractivity contribution in [3.63, 3.8) is 0 Å². The van der Waals surface area contributed by atoms with Crippen LogP contribution in [0.3, 0.4) is 0 Å². The third-order valence-electron chi connectivity index (χ3n) is 2.53. The van der Waals surface area contributed by atoms with Gasteiger partial charge in [-0.05, 0) is 48.9 Å². The number of hydrogen-bond acceptors (Lipinski definition) is 1. The van der Waals surface area contributed by atoms with Gasteiger partial charge in [-0.2, -0.15) is 0 Å². The Morgan fingerprint density at radius 2 is 1.89 bits per heavy atom. The molecule has 0 atom stereocenters. The number of nitrogens with one attached hydrogen (secondary N) is 1. The van der Waals surface area contributed by atoms with Gasteiger partial charge in [0.05, 0.1) is 0 Å². The summed E-state index contributed by atoms with van der Waals surface area (Å²) in [4.78, 5) is 0. The van der Waals surface area contributed by atoms with Crippen molar-refractivity contribution in [1.82, 2.24) is 0 Å². The van der Waals surface area contributed by atoms with E-state index in [9.17, 15) is 8.78 Å². The first-order valence-electron chi connectivity index (χ1n) is 5.49. The van der Waals surface area contributed by atoms with Crippen molar-refractivity contribution in [3.05, 3.63) is 63.6 Å². The van der Waals surface area contributed by atoms with E-state index in [1.165, 1.54) is 18.2 Å². The Morgan fingerprint density at radius 3 is 2.61 bits per heavy atom. The van der Waals surface area contributed by atoms with E-state index in [2.05, 4.69) is 21.2 Å². The van der Waals surface area contributed by atoms with Crippen LogP contribution in [0.2, 0.25) is 0 Å². The van der Waals surface area contributed by atoms with Gasteiger partial charge in [-0.15, -0.1) is 0 Å². The Bertz CT molecular complexity index is 549. The monoisotopic (exact) mass is 311 g/mol. The molecule has 0 bridgehead atoms. The summed E-state index contributed by atoms with van der Waals surface area (Å²) in [5, 5.41) is 3.01. The number of anilines is 1. The van der Waals surface area contributed by atoms with Crippen LogP contribution in [0.5, 0.6) is 0 Å². The molecule has 94 valence electrons. The van der Waals surface area contributed by atoms with Gasteiger partial charge in [-0.25, -0.2) is 8.78 Å². The molecule has 0 aliphatic rings. The minimum atomic E-state index is -0.299. The maximum atomic E-state index is 13.5. The molecule has 2 aromatic rings. The first-order chi connectivity index (χ1) is 8.54. The molecule has 2 aromatic carbocycles. The lowest BCUT2D eigenvalue weighted by molar-refractivity contribution is 0.612. The third kappa shape index (κ3) is 3.29. The molecule has 1 N–H and O–H groups in total. The van der Waals surface area contributed by atoms with E-state index in [0.717, 1.165) is 10.0 Å². The van der Waals surface area contributed by atoms with Crippen LogP contribution in [0.4, 0.5) is 14.5 Å². The average Bonchev–Trinajstić information content (AvgIpc) is 2.29. The van der Waals surface area contributed by atoms with Gasteiger partial charge >= 0.3 is 0 Å². The Labute approximate surface area is 113 Å². The zero-order chi connectivity index (χ0) is 13.1. The predicted octanol–water partition coefficient (Wildman–Crippen LogP) is 4.65. The summed E-state index contributed by atoms with van der Waals surface area (Å²) >= 11 is 3.29. The van der Waals surface area contributed by atoms with Crippen molar-refractivity contribution < 1.29 is 8.78 Å². The topological polar surface area (TPSA) is 12.0 Å². The van der Waals surface area contributed by atoms with Gasteiger partial charge in [-0.3, -0.25) is 0 Å². The second kappa shape index (κ2) is 5.48. The predicted molar refractivity (Wildman–Crippen MR) is 72.6 cm³/mol. The van der Waals surface area contributed by atoms with Crippen molar-refractivity contribution in [1.29, 1.82) is 0 Å². The largest absolute Gasteiger partial charge is 0.381 e. The molecule has 4 heteroatoms. The molecule has 0 radical (unpaired) electrons. The Kier molecular flexibility index (Phi) is 3.97. The van der Waals surface area contributed by atoms with Gasteiger partial charge in [0.25, 0.3) is 0 Å². The SMILES string of the molecule is Cc1cc(F)cc(NCc2cc(Br)ccc2F)c1. The summed E-state index contributed by atoms with van der Waals surface area (Å²) in [5.41, 5.74) is 2.00. The van der Waals surface area contributed by atoms with Crippen LogP contribution in [0.25, 0.3) is 0 Å². The molecule has 0 saturated heterocycles. The molecule has 0 heterocycles. The maximum Gasteiger partial charge on any atom is 0.128 e. The number of benzene rings is 2. The molecule has 0 spiro atoms. The summed E-state index contributed by atoms with van der Waals surface area (Å²) in [7, 11) is 0. The van der Waals surface area contributed by atoms with Crippen molar-refractivity contribution in [2.24, 2.45) is 0 Å². The van der Waals surface area contributed by atoms with E-state index in [0.29, 0.717) is 17.8 Å². The van der Waals surface area contributed by atoms with Crippen molar-refractivity contribution in [2.75, 3.05) is 5.32 Å². The van der Waals surface area contributed by atoms with Crippen LogP contribution >= 0.6 is 15.9 Å². The number of hydrogen-bond donors (Lipinski definition) is 1. The van der Waals surface area contributed by atoms with Crippen molar-refractivity contribution in [3.8, 4) is 0 Å². The van der Waals surface area contributed by atoms with E-state index < -0.39 is 0 Å². The summed E-state index contributed by atoms with van der Waals surface area (Å²) in [5.74, 6) is -0.578. The zero-order valence-electron chi connectivity index (χ0n) is 9.81. The highest BCUT2D eigenvalue weighted by atomic mass is 79.9. The molecule has 0 aliphatic carbocycles. The molecular weight excluding hydrogens is 300 g/mol. The minimum absolute atomic E-state index is 0.279. The van der Waals surface area contributed by atoms with Gasteiger partial charge in [0, 0.05) is 22.3 Å². The van der Waals surface area contributed by atoms with Crippen LogP contribution in [0, 0.1) is 18.6 Å². The van der Waals surface area contributed by atoms with Crippen molar-refractivity contribution >= 4 is 21.6 Å². The summed E-state index contributed by atoms with van der Waals surface area (Å²) < 4.78 is 27.5. The van der Waals surface area contributed by atoms with E-state index >= 15 is 0 Å². The molecule has 0 aromatic heterocycles. The number of aryl methyl sites for hydroxylation is 1. The van der Waals surface area contributed by atoms with E-state index in [-0.39, 0.29) is 11.6 Å². The van der Waals surface area contributed by atoms with Crippen molar-refractivity contribution in [2.45, 2.75) is 13.5 Å². The Morgan fingerprint density at radius 1 is 1.11 bits per heavy atom. The summed E-state index contributed by atoms with van der Waals surface area (Å²) in [6.45, 7) is 2.13. The molecule has 1 nitrogen and oxygen atoms in total. The highest BCUT2D eigenvalue weighted by Gasteiger charge is 2.03. The Balaban J connectivity index is 2.13. The zero-order valence-corrected chi connectivity index (χ0v) is 11.4. The molecule has 0 saturated carbocycles. The summed E-state index contributed by atoms with van der Waals surface area (Å²) in [6, 6.07) is 9.41. The second-order valence-electron chi connectivity index (χ2n) is 4.11. The second-order valence-corrected chi connectivity index (χ2v) is 5.02. The average molecular weight is 312 g/mol. The normalized spacial score (nSPS) is 10.4. The number of halogens is 3. The lowest BCUT2D eigenvalue weighted by atomic mass is 10.2. The smallest absolute Gasteiger partial charge is 0.128 e. The third-order valence-corrected chi connectivity index (χ3v) is 3.03. The molecule has 0 unspecified atom stereocenters. The van der Waals surface area contributed by atoms with E-state index in [4.69, 9.17) is 0 Å². The lowest BCUT2D eigenvalue weighted by Gasteiger charge is -2.09. The van der Waals surface area contributed by atoms with Gasteiger partial charge in [0.15, 0.2) is 0 Å². The van der Waals surface area contributed by atoms with Crippen LogP contribution in [0.15, 0.2) is 40.9 Å². The maximum absolute atomic E-state index is 13.5. The van der Waals surface area contributed by atoms with Gasteiger partial charge in [0.2, 0.25) is 0 Å². The molecule has 18 heavy (non-hydrogen) atoms. The summed E-state index contributed by atoms with van der Waals surface area (Å²) in [6.07, 6.45) is 0. The lowest BCUT2D eigenvalue weighted by Crippen LogP contribution is -2.02. The Hall–Kier alpha value is -1.42. The molecule has 0 amide bonds. The first-order valence-corrected chi connectivity index (χ1v) is 6.29. The minimum Gasteiger partial charge on any atom is -0.381 e. The fourth-order valence-electron chi connectivity index (χ4n) is 1.71. The van der Waals surface area contributed by atoms with Gasteiger partial charge < -0.3 is 5.32 Å². The standard InChI is InChI=1S/C14H12BrF2N/c1-9-4-12(16)7-13(5-9)18-8-10-6-11(15)2-3-14(10)17/h2-7,18H,8H2,1H3. The fourth-order valence-corrected chi connectivity index (χ4v) is 2.12. The highest BCUT2D eigenvalue weighted by molar-refractivity contribution is 9.10. The molecule has 0 aliphatic heterocycles. The molecule has 2 rings (SSSR count).